The Kier molecular flexibility index (Phi) is 6.70. The third kappa shape index (κ3) is 4.46. The summed E-state index contributed by atoms with van der Waals surface area (Å²) in [5.41, 5.74) is 6.04. The summed E-state index contributed by atoms with van der Waals surface area (Å²) < 4.78 is 1.83. The summed E-state index contributed by atoms with van der Waals surface area (Å²) in [6.45, 7) is 11.1. The summed E-state index contributed by atoms with van der Waals surface area (Å²) >= 11 is 6.14. The van der Waals surface area contributed by atoms with Crippen LogP contribution < -0.4 is 4.90 Å². The lowest BCUT2D eigenvalue weighted by Crippen LogP contribution is -2.22. The predicted octanol–water partition coefficient (Wildman–Crippen LogP) is 6.05. The maximum absolute atomic E-state index is 12.4. The topological polar surface area (TPSA) is 43.8 Å². The van der Waals surface area contributed by atoms with Crippen LogP contribution in [0.25, 0.3) is 10.4 Å². The average Bonchev–Trinajstić information content (AvgIpc) is 3.03. The molecule has 1 heterocycles. The molecule has 1 N–H and O–H groups in total. The van der Waals surface area contributed by atoms with Gasteiger partial charge in [-0.05, 0) is 78.7 Å². The molecule has 30 heavy (non-hydrogen) atoms. The summed E-state index contributed by atoms with van der Waals surface area (Å²) in [4.78, 5) is 16.5. The number of nitrogens with zero attached hydrogens (tertiary/aromatic N) is 2. The molecular weight excluding hydrogens is 412 g/mol. The summed E-state index contributed by atoms with van der Waals surface area (Å²) in [6.07, 6.45) is 5.52. The van der Waals surface area contributed by atoms with Gasteiger partial charge in [0.2, 0.25) is 0 Å². The summed E-state index contributed by atoms with van der Waals surface area (Å²) in [5, 5.41) is 10.2. The highest BCUT2D eigenvalue weighted by molar-refractivity contribution is 7.77. The molecule has 0 saturated carbocycles. The van der Waals surface area contributed by atoms with Crippen LogP contribution in [0.3, 0.4) is 0 Å². The molecule has 0 spiro atoms. The Morgan fingerprint density at radius 2 is 2.03 bits per heavy atom. The van der Waals surface area contributed by atoms with Gasteiger partial charge >= 0.3 is 5.97 Å². The van der Waals surface area contributed by atoms with Crippen LogP contribution in [-0.2, 0) is 25.8 Å². The van der Waals surface area contributed by atoms with E-state index in [1.54, 1.807) is 17.5 Å². The molecule has 2 aromatic rings. The van der Waals surface area contributed by atoms with Crippen LogP contribution >= 0.6 is 24.2 Å². The fourth-order valence-corrected chi connectivity index (χ4v) is 5.82. The Morgan fingerprint density at radius 3 is 2.60 bits per heavy atom. The first kappa shape index (κ1) is 22.9. The monoisotopic (exact) mass is 444 g/mol. The van der Waals surface area contributed by atoms with Crippen LogP contribution in [0.4, 0.5) is 5.69 Å². The van der Waals surface area contributed by atoms with Crippen molar-refractivity contribution in [3.05, 3.63) is 52.0 Å². The van der Waals surface area contributed by atoms with E-state index in [-0.39, 0.29) is 5.41 Å². The van der Waals surface area contributed by atoms with Crippen LogP contribution in [0.5, 0.6) is 0 Å². The molecule has 6 heteroatoms. The molecule has 1 aliphatic rings. The first-order chi connectivity index (χ1) is 14.1. The first-order valence-corrected chi connectivity index (χ1v) is 11.6. The number of carboxylic acid groups (broad SMARTS) is 1. The third-order valence-corrected chi connectivity index (χ3v) is 7.44. The summed E-state index contributed by atoms with van der Waals surface area (Å²) in [6, 6.07) is 4.34. The van der Waals surface area contributed by atoms with E-state index in [0.717, 1.165) is 52.9 Å². The Bertz CT molecular complexity index is 976. The van der Waals surface area contributed by atoms with E-state index < -0.39 is 5.97 Å². The second kappa shape index (κ2) is 8.77. The molecule has 0 unspecified atom stereocenters. The fraction of sp³-hybridized carbons (Fsp3) is 0.458. The van der Waals surface area contributed by atoms with Gasteiger partial charge < -0.3 is 10.0 Å². The van der Waals surface area contributed by atoms with Crippen LogP contribution in [0, 0.1) is 5.41 Å². The second-order valence-corrected chi connectivity index (χ2v) is 10.7. The van der Waals surface area contributed by atoms with E-state index >= 15 is 0 Å². The van der Waals surface area contributed by atoms with Crippen molar-refractivity contribution in [1.82, 2.24) is 4.31 Å². The van der Waals surface area contributed by atoms with Crippen molar-refractivity contribution in [3.63, 3.8) is 0 Å². The molecule has 0 amide bonds. The van der Waals surface area contributed by atoms with Gasteiger partial charge in [0.05, 0.1) is 5.56 Å². The molecule has 162 valence electrons. The lowest BCUT2D eigenvalue weighted by Gasteiger charge is -2.29. The molecule has 0 atom stereocenters. The zero-order valence-corrected chi connectivity index (χ0v) is 20.3. The number of benzene rings is 1. The minimum absolute atomic E-state index is 0.134. The number of aromatic carboxylic acids is 1. The Hall–Kier alpha value is -1.76. The number of anilines is 1. The normalized spacial score (nSPS) is 15.2. The summed E-state index contributed by atoms with van der Waals surface area (Å²) in [7, 11) is 3.90. The predicted molar refractivity (Wildman–Crippen MR) is 131 cm³/mol. The van der Waals surface area contributed by atoms with Crippen LogP contribution in [0.15, 0.2) is 24.9 Å². The number of hydrogen-bond acceptors (Lipinski definition) is 5. The zero-order chi connectivity index (χ0) is 22.2. The number of fused-ring (bicyclic) bond motifs is 1. The maximum Gasteiger partial charge on any atom is 0.337 e. The smallest absolute Gasteiger partial charge is 0.337 e. The molecule has 0 bridgehead atoms. The van der Waals surface area contributed by atoms with Crippen LogP contribution in [0.2, 0.25) is 0 Å². The Balaban J connectivity index is 2.28. The van der Waals surface area contributed by atoms with Crippen molar-refractivity contribution in [2.75, 3.05) is 19.0 Å². The molecule has 0 fully saturated rings. The van der Waals surface area contributed by atoms with Gasteiger partial charge in [0.1, 0.15) is 0 Å². The maximum atomic E-state index is 12.4. The van der Waals surface area contributed by atoms with Crippen molar-refractivity contribution in [1.29, 1.82) is 0 Å². The van der Waals surface area contributed by atoms with E-state index in [1.807, 2.05) is 23.3 Å². The van der Waals surface area contributed by atoms with E-state index in [1.165, 1.54) is 10.4 Å². The molecule has 3 rings (SSSR count). The molecule has 0 saturated heterocycles. The van der Waals surface area contributed by atoms with Gasteiger partial charge in [0.15, 0.2) is 0 Å². The molecule has 1 aromatic heterocycles. The number of carbonyl (C=O) groups is 1. The highest BCUT2D eigenvalue weighted by atomic mass is 32.1. The number of thiol groups is 1. The number of rotatable bonds is 7. The first-order valence-electron chi connectivity index (χ1n) is 10.4. The lowest BCUT2D eigenvalue weighted by molar-refractivity contribution is 0.0696. The SMILES string of the molecule is C=CN(C)c1cc(CN(C)S)c(-c2sc3c(c2C(=O)O)CC(C)(C)CC3)cc1CC. The van der Waals surface area contributed by atoms with Gasteiger partial charge in [0.25, 0.3) is 0 Å². The van der Waals surface area contributed by atoms with Gasteiger partial charge in [-0.1, -0.05) is 40.2 Å². The molecule has 1 aliphatic carbocycles. The van der Waals surface area contributed by atoms with E-state index in [2.05, 4.69) is 52.3 Å². The van der Waals surface area contributed by atoms with Crippen molar-refractivity contribution >= 4 is 35.8 Å². The van der Waals surface area contributed by atoms with Crippen LogP contribution in [-0.4, -0.2) is 29.5 Å². The van der Waals surface area contributed by atoms with Crippen molar-refractivity contribution in [3.8, 4) is 10.4 Å². The number of carboxylic acids is 1. The minimum Gasteiger partial charge on any atom is -0.478 e. The van der Waals surface area contributed by atoms with Gasteiger partial charge in [-0.15, -0.1) is 11.3 Å². The second-order valence-electron chi connectivity index (χ2n) is 8.95. The number of thiophene rings is 1. The van der Waals surface area contributed by atoms with Gasteiger partial charge in [-0.2, -0.15) is 0 Å². The highest BCUT2D eigenvalue weighted by Gasteiger charge is 2.33. The van der Waals surface area contributed by atoms with E-state index in [9.17, 15) is 9.90 Å². The standard InChI is InChI=1S/C24H32N2O2S2/c1-7-15-11-17(16(14-26(6)29)12-19(15)25(5)8-2)22-21(23(27)28)18-13-24(3,4)10-9-20(18)30-22/h8,11-12,29H,2,7,9-10,13-14H2,1,3-6H3,(H,27,28). The molecule has 4 nitrogen and oxygen atoms in total. The fourth-order valence-electron chi connectivity index (χ4n) is 4.31. The van der Waals surface area contributed by atoms with Gasteiger partial charge in [-0.25, -0.2) is 4.79 Å². The molecule has 0 aliphatic heterocycles. The third-order valence-electron chi connectivity index (χ3n) is 5.97. The number of aryl methyl sites for hydroxylation is 2. The quantitative estimate of drug-likeness (QED) is 0.511. The highest BCUT2D eigenvalue weighted by Crippen LogP contribution is 2.46. The number of hydrogen-bond donors (Lipinski definition) is 2. The Morgan fingerprint density at radius 1 is 1.33 bits per heavy atom. The molecule has 0 radical (unpaired) electrons. The van der Waals surface area contributed by atoms with E-state index in [4.69, 9.17) is 0 Å². The van der Waals surface area contributed by atoms with Crippen molar-refractivity contribution < 1.29 is 9.90 Å². The Labute approximate surface area is 189 Å². The lowest BCUT2D eigenvalue weighted by atomic mass is 9.75. The van der Waals surface area contributed by atoms with Gasteiger partial charge in [-0.3, -0.25) is 4.31 Å². The average molecular weight is 445 g/mol. The molecule has 1 aromatic carbocycles. The van der Waals surface area contributed by atoms with Gasteiger partial charge in [0, 0.05) is 29.0 Å². The van der Waals surface area contributed by atoms with Crippen LogP contribution in [0.1, 0.15) is 59.1 Å². The summed E-state index contributed by atoms with van der Waals surface area (Å²) in [5.74, 6) is -0.823. The van der Waals surface area contributed by atoms with Crippen molar-refractivity contribution in [2.45, 2.75) is 53.0 Å². The van der Waals surface area contributed by atoms with E-state index in [0.29, 0.717) is 12.1 Å². The molecular formula is C24H32N2O2S2. The minimum atomic E-state index is -0.823. The van der Waals surface area contributed by atoms with Crippen molar-refractivity contribution in [2.24, 2.45) is 5.41 Å². The largest absolute Gasteiger partial charge is 0.478 e. The zero-order valence-electron chi connectivity index (χ0n) is 18.6.